The van der Waals surface area contributed by atoms with E-state index in [0.717, 1.165) is 5.56 Å². The second-order valence-electron chi connectivity index (χ2n) is 4.48. The summed E-state index contributed by atoms with van der Waals surface area (Å²) in [4.78, 5) is 11.8. The lowest BCUT2D eigenvalue weighted by atomic mass is 10.1. The molecule has 0 saturated heterocycles. The van der Waals surface area contributed by atoms with E-state index in [1.807, 2.05) is 12.1 Å². The van der Waals surface area contributed by atoms with Gasteiger partial charge in [0.05, 0.1) is 6.54 Å². The molecule has 22 heavy (non-hydrogen) atoms. The molecule has 0 fully saturated rings. The van der Waals surface area contributed by atoms with Crippen LogP contribution in [0.25, 0.3) is 11.3 Å². The maximum atomic E-state index is 11.8. The number of amides is 1. The number of rotatable bonds is 4. The largest absolute Gasteiger partial charge is 0.444 e. The molecule has 5 nitrogen and oxygen atoms in total. The van der Waals surface area contributed by atoms with Gasteiger partial charge in [0, 0.05) is 16.7 Å². The summed E-state index contributed by atoms with van der Waals surface area (Å²) in [5.74, 6) is 0.525. The molecule has 7 heteroatoms. The maximum Gasteiger partial charge on any atom is 0.287 e. The van der Waals surface area contributed by atoms with Gasteiger partial charge in [-0.05, 0) is 52.3 Å². The van der Waals surface area contributed by atoms with E-state index in [2.05, 4.69) is 26.4 Å². The van der Waals surface area contributed by atoms with E-state index in [0.29, 0.717) is 21.1 Å². The number of carbonyl (C=O) groups excluding carboxylic acids is 1. The van der Waals surface area contributed by atoms with Crippen molar-refractivity contribution < 1.29 is 13.7 Å². The number of nitrogens with one attached hydrogen (secondary N) is 1. The number of hydrogen-bond acceptors (Lipinski definition) is 4. The summed E-state index contributed by atoms with van der Waals surface area (Å²) in [7, 11) is 0. The molecule has 0 saturated carbocycles. The first-order chi connectivity index (χ1) is 10.6. The Morgan fingerprint density at radius 3 is 2.68 bits per heavy atom. The monoisotopic (exact) mass is 380 g/mol. The van der Waals surface area contributed by atoms with Crippen LogP contribution in [0.2, 0.25) is 5.02 Å². The Labute approximate surface area is 139 Å². The summed E-state index contributed by atoms with van der Waals surface area (Å²) in [5.41, 5.74) is 1.48. The first-order valence-electron chi connectivity index (χ1n) is 6.37. The van der Waals surface area contributed by atoms with Crippen molar-refractivity contribution in [2.45, 2.75) is 6.54 Å². The number of aromatic nitrogens is 1. The molecule has 0 unspecified atom stereocenters. The van der Waals surface area contributed by atoms with Crippen LogP contribution < -0.4 is 5.32 Å². The van der Waals surface area contributed by atoms with Crippen LogP contribution >= 0.6 is 27.5 Å². The smallest absolute Gasteiger partial charge is 0.287 e. The van der Waals surface area contributed by atoms with E-state index in [4.69, 9.17) is 20.5 Å². The second-order valence-corrected chi connectivity index (χ2v) is 5.69. The molecular formula is C15H10BrClN2O3. The third-order valence-electron chi connectivity index (χ3n) is 2.91. The molecule has 2 aromatic heterocycles. The van der Waals surface area contributed by atoms with Gasteiger partial charge in [0.25, 0.3) is 5.91 Å². The van der Waals surface area contributed by atoms with Crippen LogP contribution in [0.15, 0.2) is 56.1 Å². The molecule has 2 heterocycles. The topological polar surface area (TPSA) is 68.3 Å². The highest BCUT2D eigenvalue weighted by molar-refractivity contribution is 9.10. The number of halogens is 2. The van der Waals surface area contributed by atoms with Crippen molar-refractivity contribution in [1.29, 1.82) is 0 Å². The van der Waals surface area contributed by atoms with Crippen LogP contribution in [-0.4, -0.2) is 11.1 Å². The summed E-state index contributed by atoms with van der Waals surface area (Å²) < 4.78 is 10.9. The minimum absolute atomic E-state index is 0.230. The summed E-state index contributed by atoms with van der Waals surface area (Å²) in [5, 5.41) is 7.28. The Morgan fingerprint density at radius 1 is 1.23 bits per heavy atom. The standard InChI is InChI=1S/C15H10BrClN2O3/c16-14-6-5-12(21-14)15(20)18-8-11-7-13(22-19-11)9-1-3-10(17)4-2-9/h1-7H,8H2,(H,18,20). The van der Waals surface area contributed by atoms with Crippen molar-refractivity contribution in [3.8, 4) is 11.3 Å². The van der Waals surface area contributed by atoms with Crippen LogP contribution in [-0.2, 0) is 6.54 Å². The molecule has 0 aliphatic carbocycles. The lowest BCUT2D eigenvalue weighted by molar-refractivity contribution is 0.0921. The minimum atomic E-state index is -0.318. The van der Waals surface area contributed by atoms with E-state index in [9.17, 15) is 4.79 Å². The fourth-order valence-electron chi connectivity index (χ4n) is 1.84. The predicted octanol–water partition coefficient (Wildman–Crippen LogP) is 4.28. The number of benzene rings is 1. The van der Waals surface area contributed by atoms with Gasteiger partial charge in [-0.2, -0.15) is 0 Å². The van der Waals surface area contributed by atoms with Crippen LogP contribution in [0, 0.1) is 0 Å². The van der Waals surface area contributed by atoms with Crippen molar-refractivity contribution in [1.82, 2.24) is 10.5 Å². The molecule has 3 rings (SSSR count). The molecule has 1 amide bonds. The third kappa shape index (κ3) is 3.40. The van der Waals surface area contributed by atoms with Gasteiger partial charge in [0.15, 0.2) is 16.2 Å². The van der Waals surface area contributed by atoms with Gasteiger partial charge in [-0.1, -0.05) is 16.8 Å². The highest BCUT2D eigenvalue weighted by Crippen LogP contribution is 2.22. The highest BCUT2D eigenvalue weighted by atomic mass is 79.9. The molecule has 0 atom stereocenters. The molecule has 0 spiro atoms. The van der Waals surface area contributed by atoms with Gasteiger partial charge < -0.3 is 14.3 Å². The number of carbonyl (C=O) groups is 1. The van der Waals surface area contributed by atoms with E-state index in [1.54, 1.807) is 30.3 Å². The fraction of sp³-hybridized carbons (Fsp3) is 0.0667. The van der Waals surface area contributed by atoms with Crippen LogP contribution in [0.3, 0.4) is 0 Å². The summed E-state index contributed by atoms with van der Waals surface area (Å²) in [6.45, 7) is 0.244. The molecule has 1 aromatic carbocycles. The summed E-state index contributed by atoms with van der Waals surface area (Å²) in [6, 6.07) is 12.2. The number of furan rings is 1. The number of hydrogen-bond donors (Lipinski definition) is 1. The second kappa shape index (κ2) is 6.37. The van der Waals surface area contributed by atoms with Crippen molar-refractivity contribution in [2.75, 3.05) is 0 Å². The van der Waals surface area contributed by atoms with E-state index >= 15 is 0 Å². The van der Waals surface area contributed by atoms with Gasteiger partial charge in [-0.3, -0.25) is 4.79 Å². The highest BCUT2D eigenvalue weighted by Gasteiger charge is 2.12. The van der Waals surface area contributed by atoms with Crippen molar-refractivity contribution in [2.24, 2.45) is 0 Å². The molecule has 1 N–H and O–H groups in total. The Balaban J connectivity index is 1.64. The molecular weight excluding hydrogens is 372 g/mol. The van der Waals surface area contributed by atoms with Gasteiger partial charge in [-0.15, -0.1) is 0 Å². The third-order valence-corrected chi connectivity index (χ3v) is 3.59. The Hall–Kier alpha value is -2.05. The lowest BCUT2D eigenvalue weighted by Crippen LogP contribution is -2.22. The Morgan fingerprint density at radius 2 is 2.00 bits per heavy atom. The molecule has 112 valence electrons. The van der Waals surface area contributed by atoms with Crippen LogP contribution in [0.4, 0.5) is 0 Å². The lowest BCUT2D eigenvalue weighted by Gasteiger charge is -1.98. The minimum Gasteiger partial charge on any atom is -0.444 e. The SMILES string of the molecule is O=C(NCc1cc(-c2ccc(Cl)cc2)on1)c1ccc(Br)o1. The average Bonchev–Trinajstić information content (AvgIpc) is 3.15. The molecule has 0 bridgehead atoms. The molecule has 0 radical (unpaired) electrons. The zero-order valence-corrected chi connectivity index (χ0v) is 13.5. The van der Waals surface area contributed by atoms with Gasteiger partial charge in [0.1, 0.15) is 5.69 Å². The number of nitrogens with zero attached hydrogens (tertiary/aromatic N) is 1. The Kier molecular flexibility index (Phi) is 4.31. The summed E-state index contributed by atoms with van der Waals surface area (Å²) >= 11 is 8.99. The van der Waals surface area contributed by atoms with Crippen LogP contribution in [0.1, 0.15) is 16.2 Å². The predicted molar refractivity (Wildman–Crippen MR) is 84.5 cm³/mol. The van der Waals surface area contributed by atoms with E-state index in [1.165, 1.54) is 0 Å². The van der Waals surface area contributed by atoms with Gasteiger partial charge in [0.2, 0.25) is 0 Å². The van der Waals surface area contributed by atoms with E-state index < -0.39 is 0 Å². The van der Waals surface area contributed by atoms with Crippen molar-refractivity contribution in [3.63, 3.8) is 0 Å². The zero-order chi connectivity index (χ0) is 15.5. The molecule has 0 aliphatic heterocycles. The van der Waals surface area contributed by atoms with Crippen LogP contribution in [0.5, 0.6) is 0 Å². The average molecular weight is 382 g/mol. The quantitative estimate of drug-likeness (QED) is 0.732. The van der Waals surface area contributed by atoms with Gasteiger partial charge in [-0.25, -0.2) is 0 Å². The fourth-order valence-corrected chi connectivity index (χ4v) is 2.27. The maximum absolute atomic E-state index is 11.8. The van der Waals surface area contributed by atoms with E-state index in [-0.39, 0.29) is 18.2 Å². The van der Waals surface area contributed by atoms with Crippen molar-refractivity contribution in [3.05, 3.63) is 63.6 Å². The van der Waals surface area contributed by atoms with Crippen molar-refractivity contribution >= 4 is 33.4 Å². The molecule has 3 aromatic rings. The summed E-state index contributed by atoms with van der Waals surface area (Å²) in [6.07, 6.45) is 0. The first kappa shape index (κ1) is 14.9. The van der Waals surface area contributed by atoms with Gasteiger partial charge >= 0.3 is 0 Å². The zero-order valence-electron chi connectivity index (χ0n) is 11.2. The Bertz CT molecular complexity index is 795. The molecule has 0 aliphatic rings. The normalized spacial score (nSPS) is 10.6. The first-order valence-corrected chi connectivity index (χ1v) is 7.54.